The predicted octanol–water partition coefficient (Wildman–Crippen LogP) is 4.96. The molecule has 0 radical (unpaired) electrons. The second kappa shape index (κ2) is 9.73. The van der Waals surface area contributed by atoms with Crippen LogP contribution >= 0.6 is 12.4 Å². The molecule has 150 valence electrons. The molecule has 0 saturated carbocycles. The Hall–Kier alpha value is -2.62. The molecule has 0 atom stereocenters. The third-order valence-corrected chi connectivity index (χ3v) is 5.57. The minimum atomic E-state index is 0. The molecule has 4 rings (SSSR count). The molecule has 3 aromatic rings. The van der Waals surface area contributed by atoms with Gasteiger partial charge >= 0.3 is 0 Å². The Balaban J connectivity index is 0.00000240. The first kappa shape index (κ1) is 21.1. The number of piperazine rings is 1. The van der Waals surface area contributed by atoms with Crippen LogP contribution in [0.4, 0.5) is 0 Å². The number of amides is 1. The Morgan fingerprint density at radius 1 is 0.724 bits per heavy atom. The lowest BCUT2D eigenvalue weighted by Crippen LogP contribution is -2.50. The summed E-state index contributed by atoms with van der Waals surface area (Å²) < 4.78 is 0. The molecule has 0 bridgehead atoms. The van der Waals surface area contributed by atoms with Gasteiger partial charge in [0.15, 0.2) is 0 Å². The minimum Gasteiger partial charge on any atom is -0.336 e. The summed E-state index contributed by atoms with van der Waals surface area (Å²) in [6, 6.07) is 29.4. The van der Waals surface area contributed by atoms with E-state index in [2.05, 4.69) is 65.6 Å². The monoisotopic (exact) mass is 406 g/mol. The summed E-state index contributed by atoms with van der Waals surface area (Å²) in [6.07, 6.45) is 0. The quantitative estimate of drug-likeness (QED) is 0.611. The van der Waals surface area contributed by atoms with Gasteiger partial charge in [0.2, 0.25) is 0 Å². The van der Waals surface area contributed by atoms with Crippen LogP contribution in [-0.2, 0) is 0 Å². The minimum absolute atomic E-state index is 0. The van der Waals surface area contributed by atoms with Crippen molar-refractivity contribution in [2.24, 2.45) is 0 Å². The van der Waals surface area contributed by atoms with Gasteiger partial charge in [0, 0.05) is 31.7 Å². The molecular formula is C25H27ClN2O. The normalized spacial score (nSPS) is 14.5. The van der Waals surface area contributed by atoms with Crippen LogP contribution in [0, 0.1) is 6.92 Å². The zero-order valence-corrected chi connectivity index (χ0v) is 17.5. The van der Waals surface area contributed by atoms with Crippen LogP contribution in [0.1, 0.15) is 33.1 Å². The van der Waals surface area contributed by atoms with E-state index in [1.54, 1.807) is 0 Å². The molecule has 29 heavy (non-hydrogen) atoms. The zero-order chi connectivity index (χ0) is 19.3. The predicted molar refractivity (Wildman–Crippen MR) is 121 cm³/mol. The SMILES string of the molecule is Cc1ccccc1C(=O)N1CCN(C(c2ccccc2)c2ccccc2)CC1.Cl. The third kappa shape index (κ3) is 4.69. The Morgan fingerprint density at radius 2 is 1.21 bits per heavy atom. The van der Waals surface area contributed by atoms with Crippen LogP contribution in [-0.4, -0.2) is 41.9 Å². The van der Waals surface area contributed by atoms with Crippen molar-refractivity contribution in [3.05, 3.63) is 107 Å². The van der Waals surface area contributed by atoms with Gasteiger partial charge in [-0.1, -0.05) is 78.9 Å². The van der Waals surface area contributed by atoms with E-state index in [4.69, 9.17) is 0 Å². The van der Waals surface area contributed by atoms with Crippen LogP contribution in [0.3, 0.4) is 0 Å². The largest absolute Gasteiger partial charge is 0.336 e. The fourth-order valence-electron chi connectivity index (χ4n) is 4.05. The number of nitrogens with zero attached hydrogens (tertiary/aromatic N) is 2. The number of carbonyl (C=O) groups excluding carboxylic acids is 1. The number of aryl methyl sites for hydroxylation is 1. The summed E-state index contributed by atoms with van der Waals surface area (Å²) in [4.78, 5) is 17.4. The van der Waals surface area contributed by atoms with E-state index in [0.29, 0.717) is 0 Å². The van der Waals surface area contributed by atoms with Crippen molar-refractivity contribution in [2.75, 3.05) is 26.2 Å². The van der Waals surface area contributed by atoms with Crippen LogP contribution < -0.4 is 0 Å². The topological polar surface area (TPSA) is 23.6 Å². The number of carbonyl (C=O) groups is 1. The lowest BCUT2D eigenvalue weighted by molar-refractivity contribution is 0.0596. The van der Waals surface area contributed by atoms with E-state index in [1.807, 2.05) is 36.1 Å². The Kier molecular flexibility index (Phi) is 7.08. The second-order valence-electron chi connectivity index (χ2n) is 7.37. The van der Waals surface area contributed by atoms with Crippen molar-refractivity contribution in [3.8, 4) is 0 Å². The van der Waals surface area contributed by atoms with E-state index in [1.165, 1.54) is 11.1 Å². The summed E-state index contributed by atoms with van der Waals surface area (Å²) in [5.41, 5.74) is 4.46. The first-order chi connectivity index (χ1) is 13.7. The van der Waals surface area contributed by atoms with Gasteiger partial charge in [-0.2, -0.15) is 0 Å². The molecular weight excluding hydrogens is 380 g/mol. The molecule has 0 N–H and O–H groups in total. The average molecular weight is 407 g/mol. The maximum Gasteiger partial charge on any atom is 0.254 e. The summed E-state index contributed by atoms with van der Waals surface area (Å²) in [5.74, 6) is 0.147. The summed E-state index contributed by atoms with van der Waals surface area (Å²) in [7, 11) is 0. The molecule has 0 aliphatic carbocycles. The highest BCUT2D eigenvalue weighted by Gasteiger charge is 2.28. The lowest BCUT2D eigenvalue weighted by Gasteiger charge is -2.40. The molecule has 1 fully saturated rings. The van der Waals surface area contributed by atoms with Crippen LogP contribution in [0.15, 0.2) is 84.9 Å². The average Bonchev–Trinajstić information content (AvgIpc) is 2.76. The number of hydrogen-bond donors (Lipinski definition) is 0. The molecule has 1 aliphatic rings. The Bertz CT molecular complexity index is 882. The molecule has 3 aromatic carbocycles. The van der Waals surface area contributed by atoms with Crippen molar-refractivity contribution in [1.82, 2.24) is 9.80 Å². The fourth-order valence-corrected chi connectivity index (χ4v) is 4.05. The summed E-state index contributed by atoms with van der Waals surface area (Å²) in [6.45, 7) is 5.25. The number of rotatable bonds is 4. The van der Waals surface area contributed by atoms with E-state index >= 15 is 0 Å². The third-order valence-electron chi connectivity index (χ3n) is 5.57. The Morgan fingerprint density at radius 3 is 1.72 bits per heavy atom. The van der Waals surface area contributed by atoms with Gasteiger partial charge in [0.05, 0.1) is 6.04 Å². The van der Waals surface area contributed by atoms with Gasteiger partial charge in [-0.25, -0.2) is 0 Å². The molecule has 0 spiro atoms. The lowest BCUT2D eigenvalue weighted by atomic mass is 9.96. The maximum atomic E-state index is 12.9. The van der Waals surface area contributed by atoms with E-state index < -0.39 is 0 Å². The molecule has 1 aliphatic heterocycles. The summed E-state index contributed by atoms with van der Waals surface area (Å²) >= 11 is 0. The Labute approximate surface area is 179 Å². The van der Waals surface area contributed by atoms with Crippen molar-refractivity contribution < 1.29 is 4.79 Å². The summed E-state index contributed by atoms with van der Waals surface area (Å²) in [5, 5.41) is 0. The first-order valence-electron chi connectivity index (χ1n) is 9.93. The van der Waals surface area contributed by atoms with Crippen molar-refractivity contribution in [2.45, 2.75) is 13.0 Å². The number of hydrogen-bond acceptors (Lipinski definition) is 2. The molecule has 4 heteroatoms. The standard InChI is InChI=1S/C25H26N2O.ClH/c1-20-10-8-9-15-23(20)25(28)27-18-16-26(17-19-27)24(21-11-4-2-5-12-21)22-13-6-3-7-14-22;/h2-15,24H,16-19H2,1H3;1H. The molecule has 1 amide bonds. The van der Waals surface area contributed by atoms with Crippen molar-refractivity contribution in [1.29, 1.82) is 0 Å². The first-order valence-corrected chi connectivity index (χ1v) is 9.93. The van der Waals surface area contributed by atoms with Crippen LogP contribution in [0.5, 0.6) is 0 Å². The van der Waals surface area contributed by atoms with Gasteiger partial charge in [-0.3, -0.25) is 9.69 Å². The molecule has 0 aromatic heterocycles. The highest BCUT2D eigenvalue weighted by Crippen LogP contribution is 2.29. The maximum absolute atomic E-state index is 12.9. The highest BCUT2D eigenvalue weighted by atomic mass is 35.5. The van der Waals surface area contributed by atoms with Crippen LogP contribution in [0.25, 0.3) is 0 Å². The van der Waals surface area contributed by atoms with E-state index in [0.717, 1.165) is 37.3 Å². The van der Waals surface area contributed by atoms with Crippen LogP contribution in [0.2, 0.25) is 0 Å². The number of halogens is 1. The van der Waals surface area contributed by atoms with Crippen molar-refractivity contribution in [3.63, 3.8) is 0 Å². The molecule has 3 nitrogen and oxygen atoms in total. The van der Waals surface area contributed by atoms with Gasteiger partial charge in [0.25, 0.3) is 5.91 Å². The fraction of sp³-hybridized carbons (Fsp3) is 0.240. The number of benzene rings is 3. The highest BCUT2D eigenvalue weighted by molar-refractivity contribution is 5.95. The van der Waals surface area contributed by atoms with E-state index in [-0.39, 0.29) is 24.4 Å². The second-order valence-corrected chi connectivity index (χ2v) is 7.37. The van der Waals surface area contributed by atoms with Gasteiger partial charge in [0.1, 0.15) is 0 Å². The van der Waals surface area contributed by atoms with Gasteiger partial charge in [-0.15, -0.1) is 12.4 Å². The van der Waals surface area contributed by atoms with Gasteiger partial charge in [-0.05, 0) is 29.7 Å². The van der Waals surface area contributed by atoms with Gasteiger partial charge < -0.3 is 4.90 Å². The molecule has 1 saturated heterocycles. The smallest absolute Gasteiger partial charge is 0.254 e. The van der Waals surface area contributed by atoms with E-state index in [9.17, 15) is 4.79 Å². The zero-order valence-electron chi connectivity index (χ0n) is 16.7. The molecule has 0 unspecified atom stereocenters. The van der Waals surface area contributed by atoms with Crippen molar-refractivity contribution >= 4 is 18.3 Å². The molecule has 1 heterocycles.